The Balaban J connectivity index is 1.90. The van der Waals surface area contributed by atoms with Gasteiger partial charge in [0, 0.05) is 5.02 Å². The summed E-state index contributed by atoms with van der Waals surface area (Å²) in [4.78, 5) is 10.3. The molecule has 112 valence electrons. The van der Waals surface area contributed by atoms with Crippen molar-refractivity contribution in [1.82, 2.24) is 15.0 Å². The van der Waals surface area contributed by atoms with Crippen molar-refractivity contribution in [2.45, 2.75) is 6.42 Å². The highest BCUT2D eigenvalue weighted by Gasteiger charge is 2.08. The number of aliphatic carboxylic acids is 1. The molecule has 0 aliphatic rings. The Kier molecular flexibility index (Phi) is 5.53. The Morgan fingerprint density at radius 3 is 2.90 bits per heavy atom. The molecule has 0 unspecified atom stereocenters. The summed E-state index contributed by atoms with van der Waals surface area (Å²) in [7, 11) is 0. The van der Waals surface area contributed by atoms with E-state index >= 15 is 0 Å². The van der Waals surface area contributed by atoms with Crippen molar-refractivity contribution in [3.05, 3.63) is 35.6 Å². The molecule has 0 radical (unpaired) electrons. The van der Waals surface area contributed by atoms with E-state index in [9.17, 15) is 4.79 Å². The average Bonchev–Trinajstić information content (AvgIpc) is 2.97. The summed E-state index contributed by atoms with van der Waals surface area (Å²) in [5, 5.41) is 16.7. The number of carbonyl (C=O) groups is 1. The molecule has 1 heterocycles. The molecule has 0 aliphatic carbocycles. The van der Waals surface area contributed by atoms with Crippen LogP contribution >= 0.6 is 11.6 Å². The van der Waals surface area contributed by atoms with Crippen LogP contribution in [0.5, 0.6) is 5.75 Å². The van der Waals surface area contributed by atoms with E-state index in [1.165, 1.54) is 0 Å². The molecule has 0 saturated carbocycles. The molecule has 8 heteroatoms. The zero-order chi connectivity index (χ0) is 15.1. The van der Waals surface area contributed by atoms with E-state index < -0.39 is 5.97 Å². The summed E-state index contributed by atoms with van der Waals surface area (Å²) in [6.45, 7) is 0.755. The first-order chi connectivity index (χ1) is 10.2. The molecule has 7 nitrogen and oxygen atoms in total. The number of carboxylic acid groups (broad SMARTS) is 1. The first kappa shape index (κ1) is 15.3. The molecule has 21 heavy (non-hydrogen) atoms. The van der Waals surface area contributed by atoms with Crippen LogP contribution in [-0.2, 0) is 9.53 Å². The van der Waals surface area contributed by atoms with E-state index in [2.05, 4.69) is 10.3 Å². The zero-order valence-electron chi connectivity index (χ0n) is 11.1. The van der Waals surface area contributed by atoms with Crippen molar-refractivity contribution in [1.29, 1.82) is 0 Å². The molecule has 2 aromatic rings. The Hall–Kier alpha value is -2.12. The van der Waals surface area contributed by atoms with Crippen LogP contribution in [0, 0.1) is 0 Å². The summed E-state index contributed by atoms with van der Waals surface area (Å²) < 4.78 is 12.3. The second-order valence-electron chi connectivity index (χ2n) is 4.06. The molecule has 0 atom stereocenters. The molecule has 0 aliphatic heterocycles. The highest BCUT2D eigenvalue weighted by atomic mass is 35.5. The SMILES string of the molecule is O=C(O)CCOCCOc1ccc(Cl)cc1-n1ccnn1. The van der Waals surface area contributed by atoms with Crippen LogP contribution in [0.25, 0.3) is 5.69 Å². The third kappa shape index (κ3) is 4.73. The number of hydrogen-bond donors (Lipinski definition) is 1. The van der Waals surface area contributed by atoms with E-state index in [0.29, 0.717) is 29.7 Å². The first-order valence-corrected chi connectivity index (χ1v) is 6.63. The predicted molar refractivity (Wildman–Crippen MR) is 74.9 cm³/mol. The quantitative estimate of drug-likeness (QED) is 0.748. The maximum absolute atomic E-state index is 10.3. The normalized spacial score (nSPS) is 10.5. The summed E-state index contributed by atoms with van der Waals surface area (Å²) in [5.74, 6) is -0.297. The van der Waals surface area contributed by atoms with Gasteiger partial charge in [0.25, 0.3) is 0 Å². The fourth-order valence-electron chi connectivity index (χ4n) is 1.60. The van der Waals surface area contributed by atoms with Crippen molar-refractivity contribution in [2.75, 3.05) is 19.8 Å². The predicted octanol–water partition coefficient (Wildman–Crippen LogP) is 1.79. The molecule has 0 fully saturated rings. The topological polar surface area (TPSA) is 86.5 Å². The standard InChI is InChI=1S/C13H14ClN3O4/c14-10-1-2-12(11(9-10)17-5-4-15-16-17)21-8-7-20-6-3-13(18)19/h1-2,4-5,9H,3,6-8H2,(H,18,19). The largest absolute Gasteiger partial charge is 0.489 e. The number of ether oxygens (including phenoxy) is 2. The van der Waals surface area contributed by atoms with Crippen molar-refractivity contribution in [2.24, 2.45) is 0 Å². The Morgan fingerprint density at radius 2 is 2.19 bits per heavy atom. The molecule has 2 rings (SSSR count). The van der Waals surface area contributed by atoms with Gasteiger partial charge in [0.1, 0.15) is 18.0 Å². The zero-order valence-corrected chi connectivity index (χ0v) is 11.9. The Morgan fingerprint density at radius 1 is 1.33 bits per heavy atom. The number of nitrogens with zero attached hydrogens (tertiary/aromatic N) is 3. The third-order valence-corrected chi connectivity index (χ3v) is 2.77. The van der Waals surface area contributed by atoms with Gasteiger partial charge >= 0.3 is 5.97 Å². The molecule has 1 N–H and O–H groups in total. The monoisotopic (exact) mass is 311 g/mol. The van der Waals surface area contributed by atoms with Crippen molar-refractivity contribution < 1.29 is 19.4 Å². The van der Waals surface area contributed by atoms with Gasteiger partial charge in [0.05, 0.1) is 32.0 Å². The van der Waals surface area contributed by atoms with Crippen LogP contribution in [0.3, 0.4) is 0 Å². The lowest BCUT2D eigenvalue weighted by molar-refractivity contribution is -0.138. The first-order valence-electron chi connectivity index (χ1n) is 6.25. The van der Waals surface area contributed by atoms with Crippen LogP contribution in [0.2, 0.25) is 5.02 Å². The van der Waals surface area contributed by atoms with Crippen LogP contribution in [0.1, 0.15) is 6.42 Å². The van der Waals surface area contributed by atoms with Gasteiger partial charge in [0.15, 0.2) is 0 Å². The van der Waals surface area contributed by atoms with Gasteiger partial charge in [-0.3, -0.25) is 4.79 Å². The summed E-state index contributed by atoms with van der Waals surface area (Å²) in [6.07, 6.45) is 3.22. The molecule has 1 aromatic carbocycles. The number of halogens is 1. The molecular formula is C13H14ClN3O4. The van der Waals surface area contributed by atoms with Gasteiger partial charge in [-0.25, -0.2) is 4.68 Å². The van der Waals surface area contributed by atoms with Gasteiger partial charge < -0.3 is 14.6 Å². The van der Waals surface area contributed by atoms with Crippen LogP contribution in [-0.4, -0.2) is 45.9 Å². The lowest BCUT2D eigenvalue weighted by Gasteiger charge is -2.11. The van der Waals surface area contributed by atoms with Gasteiger partial charge in [-0.05, 0) is 18.2 Å². The molecule has 0 spiro atoms. The van der Waals surface area contributed by atoms with Gasteiger partial charge in [0.2, 0.25) is 0 Å². The summed E-state index contributed by atoms with van der Waals surface area (Å²) in [5.41, 5.74) is 0.672. The minimum Gasteiger partial charge on any atom is -0.489 e. The van der Waals surface area contributed by atoms with Crippen molar-refractivity contribution in [3.63, 3.8) is 0 Å². The molecule has 1 aromatic heterocycles. The molecule has 0 saturated heterocycles. The van der Waals surface area contributed by atoms with Crippen LogP contribution < -0.4 is 4.74 Å². The van der Waals surface area contributed by atoms with Gasteiger partial charge in [-0.15, -0.1) is 5.10 Å². The van der Waals surface area contributed by atoms with Gasteiger partial charge in [-0.2, -0.15) is 0 Å². The average molecular weight is 312 g/mol. The van der Waals surface area contributed by atoms with Crippen molar-refractivity contribution >= 4 is 17.6 Å². The minimum atomic E-state index is -0.887. The molecule has 0 amide bonds. The smallest absolute Gasteiger partial charge is 0.305 e. The third-order valence-electron chi connectivity index (χ3n) is 2.54. The van der Waals surface area contributed by atoms with E-state index in [4.69, 9.17) is 26.2 Å². The van der Waals surface area contributed by atoms with E-state index in [-0.39, 0.29) is 13.0 Å². The lowest BCUT2D eigenvalue weighted by Crippen LogP contribution is -2.11. The Bertz CT molecular complexity index is 589. The maximum atomic E-state index is 10.3. The summed E-state index contributed by atoms with van der Waals surface area (Å²) >= 11 is 5.97. The number of benzene rings is 1. The van der Waals surface area contributed by atoms with Crippen LogP contribution in [0.4, 0.5) is 0 Å². The highest BCUT2D eigenvalue weighted by Crippen LogP contribution is 2.25. The van der Waals surface area contributed by atoms with E-state index in [1.807, 2.05) is 0 Å². The number of rotatable bonds is 8. The van der Waals surface area contributed by atoms with Gasteiger partial charge in [-0.1, -0.05) is 16.8 Å². The van der Waals surface area contributed by atoms with E-state index in [1.54, 1.807) is 35.3 Å². The number of hydrogen-bond acceptors (Lipinski definition) is 5. The molecule has 0 bridgehead atoms. The minimum absolute atomic E-state index is 0.0227. The maximum Gasteiger partial charge on any atom is 0.305 e. The summed E-state index contributed by atoms with van der Waals surface area (Å²) in [6, 6.07) is 5.16. The van der Waals surface area contributed by atoms with Crippen LogP contribution in [0.15, 0.2) is 30.6 Å². The highest BCUT2D eigenvalue weighted by molar-refractivity contribution is 6.30. The number of aromatic nitrogens is 3. The number of carboxylic acids is 1. The van der Waals surface area contributed by atoms with Crippen molar-refractivity contribution in [3.8, 4) is 11.4 Å². The fraction of sp³-hybridized carbons (Fsp3) is 0.308. The second kappa shape index (κ2) is 7.61. The fourth-order valence-corrected chi connectivity index (χ4v) is 1.77. The second-order valence-corrected chi connectivity index (χ2v) is 4.50. The molecular weight excluding hydrogens is 298 g/mol. The lowest BCUT2D eigenvalue weighted by atomic mass is 10.3. The van der Waals surface area contributed by atoms with E-state index in [0.717, 1.165) is 0 Å². The Labute approximate surface area is 126 Å².